The Labute approximate surface area is 101 Å². The summed E-state index contributed by atoms with van der Waals surface area (Å²) in [6.07, 6.45) is 7.87. The number of imidazole rings is 2. The van der Waals surface area contributed by atoms with Gasteiger partial charge in [-0.25, -0.2) is 9.97 Å². The maximum Gasteiger partial charge on any atom is 0.193 e. The lowest BCUT2D eigenvalue weighted by Gasteiger charge is -1.98. The van der Waals surface area contributed by atoms with Crippen LogP contribution in [0.2, 0.25) is 0 Å². The van der Waals surface area contributed by atoms with Crippen molar-refractivity contribution in [3.05, 3.63) is 35.9 Å². The second kappa shape index (κ2) is 3.95. The Kier molecular flexibility index (Phi) is 2.45. The lowest BCUT2D eigenvalue weighted by atomic mass is 10.6. The monoisotopic (exact) mass is 250 g/mol. The van der Waals surface area contributed by atoms with Gasteiger partial charge in [0.2, 0.25) is 0 Å². The molecule has 0 bridgehead atoms. The van der Waals surface area contributed by atoms with Gasteiger partial charge in [0, 0.05) is 43.0 Å². The third kappa shape index (κ3) is 1.74. The number of thioether (sulfide) groups is 1. The van der Waals surface area contributed by atoms with E-state index in [1.165, 1.54) is 0 Å². The Balaban J connectivity index is 1.76. The third-order valence-electron chi connectivity index (χ3n) is 2.27. The Morgan fingerprint density at radius 2 is 2.38 bits per heavy atom. The molecule has 0 spiro atoms. The molecule has 3 aromatic rings. The van der Waals surface area contributed by atoms with Gasteiger partial charge in [-0.05, 0) is 0 Å². The van der Waals surface area contributed by atoms with Crippen LogP contribution in [0.15, 0.2) is 35.3 Å². The van der Waals surface area contributed by atoms with Gasteiger partial charge >= 0.3 is 0 Å². The second-order valence-corrected chi connectivity index (χ2v) is 5.25. The van der Waals surface area contributed by atoms with Crippen LogP contribution in [0.25, 0.3) is 4.96 Å². The van der Waals surface area contributed by atoms with Crippen molar-refractivity contribution in [2.75, 3.05) is 0 Å². The Morgan fingerprint density at radius 1 is 1.44 bits per heavy atom. The van der Waals surface area contributed by atoms with Crippen molar-refractivity contribution >= 4 is 28.1 Å². The number of hydrogen-bond donors (Lipinski definition) is 0. The zero-order chi connectivity index (χ0) is 11.0. The van der Waals surface area contributed by atoms with Gasteiger partial charge in [0.05, 0.1) is 5.69 Å². The summed E-state index contributed by atoms with van der Waals surface area (Å²) in [7, 11) is 2.00. The molecule has 0 saturated carbocycles. The SMILES string of the molecule is Cn1ccnc1SCc1cn2ccsc2n1. The van der Waals surface area contributed by atoms with E-state index in [1.807, 2.05) is 35.6 Å². The van der Waals surface area contributed by atoms with Gasteiger partial charge in [-0.3, -0.25) is 4.40 Å². The van der Waals surface area contributed by atoms with Crippen LogP contribution in [0.3, 0.4) is 0 Å². The quantitative estimate of drug-likeness (QED) is 0.670. The van der Waals surface area contributed by atoms with Crippen molar-refractivity contribution in [1.82, 2.24) is 18.9 Å². The van der Waals surface area contributed by atoms with Crippen molar-refractivity contribution < 1.29 is 0 Å². The highest BCUT2D eigenvalue weighted by Gasteiger charge is 2.05. The molecule has 0 saturated heterocycles. The number of fused-ring (bicyclic) bond motifs is 1. The number of thiazole rings is 1. The zero-order valence-corrected chi connectivity index (χ0v) is 10.3. The second-order valence-electron chi connectivity index (χ2n) is 3.43. The van der Waals surface area contributed by atoms with Crippen LogP contribution in [0.4, 0.5) is 0 Å². The van der Waals surface area contributed by atoms with E-state index in [9.17, 15) is 0 Å². The van der Waals surface area contributed by atoms with Crippen LogP contribution in [-0.4, -0.2) is 18.9 Å². The molecule has 0 amide bonds. The molecule has 0 aliphatic rings. The smallest absolute Gasteiger partial charge is 0.193 e. The molecule has 0 aliphatic carbocycles. The molecular weight excluding hydrogens is 240 g/mol. The molecule has 0 aliphatic heterocycles. The van der Waals surface area contributed by atoms with Gasteiger partial charge in [-0.2, -0.15) is 0 Å². The van der Waals surface area contributed by atoms with Crippen molar-refractivity contribution in [1.29, 1.82) is 0 Å². The molecule has 3 aromatic heterocycles. The predicted octanol–water partition coefficient (Wildman–Crippen LogP) is 2.42. The van der Waals surface area contributed by atoms with Crippen molar-refractivity contribution in [3.8, 4) is 0 Å². The third-order valence-corrected chi connectivity index (χ3v) is 4.13. The number of nitrogens with zero attached hydrogens (tertiary/aromatic N) is 4. The minimum absolute atomic E-state index is 0.860. The lowest BCUT2D eigenvalue weighted by Crippen LogP contribution is -1.89. The molecule has 6 heteroatoms. The first-order chi connectivity index (χ1) is 7.83. The Bertz CT molecular complexity index is 578. The maximum atomic E-state index is 4.53. The van der Waals surface area contributed by atoms with Crippen LogP contribution in [0.1, 0.15) is 5.69 Å². The average molecular weight is 250 g/mol. The predicted molar refractivity (Wildman–Crippen MR) is 65.8 cm³/mol. The van der Waals surface area contributed by atoms with Crippen LogP contribution in [0, 0.1) is 0 Å². The number of aryl methyl sites for hydroxylation is 1. The van der Waals surface area contributed by atoms with Gasteiger partial charge in [0.25, 0.3) is 0 Å². The highest BCUT2D eigenvalue weighted by atomic mass is 32.2. The summed E-state index contributed by atoms with van der Waals surface area (Å²) in [5, 5.41) is 3.06. The van der Waals surface area contributed by atoms with Crippen LogP contribution >= 0.6 is 23.1 Å². The first kappa shape index (κ1) is 9.92. The summed E-state index contributed by atoms with van der Waals surface area (Å²) in [4.78, 5) is 9.84. The molecule has 0 atom stereocenters. The lowest BCUT2D eigenvalue weighted by molar-refractivity contribution is 0.789. The fourth-order valence-corrected chi connectivity index (χ4v) is 3.01. The molecule has 3 heterocycles. The average Bonchev–Trinajstić information content (AvgIpc) is 2.89. The number of aromatic nitrogens is 4. The van der Waals surface area contributed by atoms with Crippen molar-refractivity contribution in [2.45, 2.75) is 10.9 Å². The summed E-state index contributed by atoms with van der Waals surface area (Å²) in [5.74, 6) is 0.860. The van der Waals surface area contributed by atoms with E-state index < -0.39 is 0 Å². The molecule has 3 rings (SSSR count). The van der Waals surface area contributed by atoms with E-state index in [1.54, 1.807) is 23.1 Å². The highest BCUT2D eigenvalue weighted by Crippen LogP contribution is 2.21. The largest absolute Gasteiger partial charge is 0.329 e. The number of hydrogen-bond acceptors (Lipinski definition) is 4. The maximum absolute atomic E-state index is 4.53. The van der Waals surface area contributed by atoms with E-state index in [0.29, 0.717) is 0 Å². The number of rotatable bonds is 3. The van der Waals surface area contributed by atoms with E-state index in [4.69, 9.17) is 0 Å². The van der Waals surface area contributed by atoms with Gasteiger partial charge < -0.3 is 4.57 Å². The summed E-state index contributed by atoms with van der Waals surface area (Å²) >= 11 is 3.36. The molecule has 0 aromatic carbocycles. The van der Waals surface area contributed by atoms with Gasteiger partial charge in [-0.15, -0.1) is 11.3 Å². The standard InChI is InChI=1S/C10H10N4S2/c1-13-3-2-11-9(13)16-7-8-6-14-4-5-15-10(14)12-8/h2-6H,7H2,1H3. The van der Waals surface area contributed by atoms with Gasteiger partial charge in [0.1, 0.15) is 0 Å². The fourth-order valence-electron chi connectivity index (χ4n) is 1.48. The Hall–Kier alpha value is -1.27. The van der Waals surface area contributed by atoms with Crippen molar-refractivity contribution in [2.24, 2.45) is 7.05 Å². The Morgan fingerprint density at radius 3 is 3.12 bits per heavy atom. The molecule has 0 unspecified atom stereocenters. The first-order valence-corrected chi connectivity index (χ1v) is 6.70. The zero-order valence-electron chi connectivity index (χ0n) is 8.70. The first-order valence-electron chi connectivity index (χ1n) is 4.84. The minimum Gasteiger partial charge on any atom is -0.329 e. The van der Waals surface area contributed by atoms with Gasteiger partial charge in [-0.1, -0.05) is 11.8 Å². The van der Waals surface area contributed by atoms with Crippen LogP contribution in [-0.2, 0) is 12.8 Å². The topological polar surface area (TPSA) is 35.1 Å². The summed E-state index contributed by atoms with van der Waals surface area (Å²) in [5.41, 5.74) is 1.10. The van der Waals surface area contributed by atoms with E-state index >= 15 is 0 Å². The fraction of sp³-hybridized carbons (Fsp3) is 0.200. The highest BCUT2D eigenvalue weighted by molar-refractivity contribution is 7.98. The summed E-state index contributed by atoms with van der Waals surface area (Å²) in [6, 6.07) is 0. The van der Waals surface area contributed by atoms with Crippen LogP contribution < -0.4 is 0 Å². The normalized spacial score (nSPS) is 11.3. The molecule has 82 valence electrons. The molecular formula is C10H10N4S2. The van der Waals surface area contributed by atoms with E-state index in [0.717, 1.165) is 21.6 Å². The molecule has 0 radical (unpaired) electrons. The summed E-state index contributed by atoms with van der Waals surface area (Å²) in [6.45, 7) is 0. The van der Waals surface area contributed by atoms with Crippen molar-refractivity contribution in [3.63, 3.8) is 0 Å². The van der Waals surface area contributed by atoms with E-state index in [-0.39, 0.29) is 0 Å². The molecule has 0 fully saturated rings. The molecule has 4 nitrogen and oxygen atoms in total. The van der Waals surface area contributed by atoms with Gasteiger partial charge in [0.15, 0.2) is 10.1 Å². The summed E-state index contributed by atoms with van der Waals surface area (Å²) < 4.78 is 4.07. The van der Waals surface area contributed by atoms with Crippen LogP contribution in [0.5, 0.6) is 0 Å². The minimum atomic E-state index is 0.860. The van der Waals surface area contributed by atoms with E-state index in [2.05, 4.69) is 20.6 Å². The molecule has 16 heavy (non-hydrogen) atoms. The molecule has 0 N–H and O–H groups in total.